The van der Waals surface area contributed by atoms with Crippen LogP contribution in [-0.2, 0) is 10.2 Å². The van der Waals surface area contributed by atoms with E-state index in [1.54, 1.807) is 0 Å². The van der Waals surface area contributed by atoms with Crippen LogP contribution in [0.3, 0.4) is 0 Å². The van der Waals surface area contributed by atoms with E-state index in [0.717, 1.165) is 19.3 Å². The molecule has 2 rings (SSSR count). The van der Waals surface area contributed by atoms with Crippen LogP contribution in [0.4, 0.5) is 0 Å². The van der Waals surface area contributed by atoms with Gasteiger partial charge in [0.15, 0.2) is 0 Å². The van der Waals surface area contributed by atoms with E-state index in [4.69, 9.17) is 23.2 Å². The standard InChI is InChI=1S/C18H24Cl2O/c1-3-5-13(4-2)18(10-8-15(21)9-11-18)14-6-7-16(19)17(20)12-14/h6-7,12-13H,3-5,8-11H2,1-2H3. The van der Waals surface area contributed by atoms with Crippen molar-refractivity contribution in [3.8, 4) is 0 Å². The van der Waals surface area contributed by atoms with Crippen LogP contribution in [-0.4, -0.2) is 5.78 Å². The molecule has 1 nitrogen and oxygen atoms in total. The summed E-state index contributed by atoms with van der Waals surface area (Å²) in [6.45, 7) is 4.50. The molecule has 21 heavy (non-hydrogen) atoms. The van der Waals surface area contributed by atoms with Crippen LogP contribution in [0.15, 0.2) is 18.2 Å². The molecule has 1 fully saturated rings. The molecule has 0 saturated heterocycles. The van der Waals surface area contributed by atoms with Crippen LogP contribution in [0.1, 0.15) is 64.4 Å². The first-order chi connectivity index (χ1) is 10.0. The van der Waals surface area contributed by atoms with Crippen molar-refractivity contribution in [1.82, 2.24) is 0 Å². The summed E-state index contributed by atoms with van der Waals surface area (Å²) in [5, 5.41) is 1.22. The molecule has 1 aromatic rings. The van der Waals surface area contributed by atoms with Gasteiger partial charge in [0.2, 0.25) is 0 Å². The summed E-state index contributed by atoms with van der Waals surface area (Å²) >= 11 is 12.3. The Kier molecular flexibility index (Phi) is 5.73. The number of Topliss-reactive ketones (excluding diaryl/α,β-unsaturated/α-hetero) is 1. The first-order valence-electron chi connectivity index (χ1n) is 8.00. The maximum Gasteiger partial charge on any atom is 0.132 e. The van der Waals surface area contributed by atoms with Gasteiger partial charge in [-0.25, -0.2) is 0 Å². The number of carbonyl (C=O) groups excluding carboxylic acids is 1. The molecule has 0 amide bonds. The minimum atomic E-state index is 0.0902. The second kappa shape index (κ2) is 7.15. The summed E-state index contributed by atoms with van der Waals surface area (Å²) in [5.41, 5.74) is 1.36. The van der Waals surface area contributed by atoms with Crippen molar-refractivity contribution in [2.24, 2.45) is 5.92 Å². The number of benzene rings is 1. The zero-order valence-corrected chi connectivity index (χ0v) is 14.4. The first-order valence-corrected chi connectivity index (χ1v) is 8.76. The molecular weight excluding hydrogens is 303 g/mol. The lowest BCUT2D eigenvalue weighted by atomic mass is 9.60. The summed E-state index contributed by atoms with van der Waals surface area (Å²) < 4.78 is 0. The largest absolute Gasteiger partial charge is 0.300 e. The third kappa shape index (κ3) is 3.46. The van der Waals surface area contributed by atoms with Gasteiger partial charge in [-0.15, -0.1) is 0 Å². The van der Waals surface area contributed by atoms with Crippen molar-refractivity contribution in [3.05, 3.63) is 33.8 Å². The molecule has 1 aliphatic rings. The number of halogens is 2. The predicted octanol–water partition coefficient (Wildman–Crippen LogP) is 6.20. The maximum absolute atomic E-state index is 11.7. The van der Waals surface area contributed by atoms with Gasteiger partial charge in [0, 0.05) is 12.8 Å². The highest BCUT2D eigenvalue weighted by molar-refractivity contribution is 6.42. The minimum Gasteiger partial charge on any atom is -0.300 e. The van der Waals surface area contributed by atoms with E-state index >= 15 is 0 Å². The van der Waals surface area contributed by atoms with Gasteiger partial charge < -0.3 is 0 Å². The highest BCUT2D eigenvalue weighted by Gasteiger charge is 2.41. The van der Waals surface area contributed by atoms with Crippen LogP contribution in [0.5, 0.6) is 0 Å². The number of hydrogen-bond acceptors (Lipinski definition) is 1. The normalized spacial score (nSPS) is 19.5. The van der Waals surface area contributed by atoms with Gasteiger partial charge in [-0.2, -0.15) is 0 Å². The zero-order valence-electron chi connectivity index (χ0n) is 12.9. The van der Waals surface area contributed by atoms with Crippen molar-refractivity contribution in [2.75, 3.05) is 0 Å². The molecule has 1 atom stereocenters. The minimum absolute atomic E-state index is 0.0902. The van der Waals surface area contributed by atoms with E-state index in [1.807, 2.05) is 12.1 Å². The fourth-order valence-electron chi connectivity index (χ4n) is 3.93. The highest BCUT2D eigenvalue weighted by Crippen LogP contribution is 2.48. The summed E-state index contributed by atoms with van der Waals surface area (Å²) in [4.78, 5) is 11.7. The van der Waals surface area contributed by atoms with Crippen molar-refractivity contribution >= 4 is 29.0 Å². The summed E-state index contributed by atoms with van der Waals surface area (Å²) in [5.74, 6) is 1.00. The second-order valence-electron chi connectivity index (χ2n) is 6.22. The van der Waals surface area contributed by atoms with E-state index in [1.165, 1.54) is 18.4 Å². The van der Waals surface area contributed by atoms with E-state index < -0.39 is 0 Å². The molecular formula is C18H24Cl2O. The summed E-state index contributed by atoms with van der Waals surface area (Å²) in [6, 6.07) is 6.04. The topological polar surface area (TPSA) is 17.1 Å². The smallest absolute Gasteiger partial charge is 0.132 e. The van der Waals surface area contributed by atoms with E-state index in [-0.39, 0.29) is 5.41 Å². The van der Waals surface area contributed by atoms with Gasteiger partial charge in [0.1, 0.15) is 5.78 Å². The fraction of sp³-hybridized carbons (Fsp3) is 0.611. The van der Waals surface area contributed by atoms with Gasteiger partial charge >= 0.3 is 0 Å². The number of hydrogen-bond donors (Lipinski definition) is 0. The van der Waals surface area contributed by atoms with E-state index in [0.29, 0.717) is 34.6 Å². The summed E-state index contributed by atoms with van der Waals surface area (Å²) in [7, 11) is 0. The lowest BCUT2D eigenvalue weighted by molar-refractivity contribution is -0.121. The van der Waals surface area contributed by atoms with Crippen molar-refractivity contribution in [3.63, 3.8) is 0 Å². The molecule has 1 aliphatic carbocycles. The summed E-state index contributed by atoms with van der Waals surface area (Å²) in [6.07, 6.45) is 6.80. The molecule has 0 spiro atoms. The molecule has 0 bridgehead atoms. The number of carbonyl (C=O) groups is 1. The first kappa shape index (κ1) is 16.8. The molecule has 0 N–H and O–H groups in total. The molecule has 1 unspecified atom stereocenters. The number of rotatable bonds is 5. The highest BCUT2D eigenvalue weighted by atomic mass is 35.5. The Bertz CT molecular complexity index is 500. The fourth-order valence-corrected chi connectivity index (χ4v) is 4.23. The van der Waals surface area contributed by atoms with Gasteiger partial charge in [-0.05, 0) is 48.3 Å². The van der Waals surface area contributed by atoms with E-state index in [9.17, 15) is 4.79 Å². The van der Waals surface area contributed by atoms with E-state index in [2.05, 4.69) is 19.9 Å². The Labute approximate surface area is 138 Å². The van der Waals surface area contributed by atoms with Crippen LogP contribution < -0.4 is 0 Å². The zero-order chi connectivity index (χ0) is 15.5. The van der Waals surface area contributed by atoms with Crippen LogP contribution in [0.25, 0.3) is 0 Å². The van der Waals surface area contributed by atoms with Gasteiger partial charge in [0.05, 0.1) is 10.0 Å². The molecule has 0 aromatic heterocycles. The van der Waals surface area contributed by atoms with Crippen LogP contribution >= 0.6 is 23.2 Å². The Morgan fingerprint density at radius 1 is 1.14 bits per heavy atom. The molecule has 0 heterocycles. The monoisotopic (exact) mass is 326 g/mol. The Morgan fingerprint density at radius 2 is 1.81 bits per heavy atom. The quantitative estimate of drug-likeness (QED) is 0.629. The molecule has 1 aromatic carbocycles. The molecule has 0 radical (unpaired) electrons. The average Bonchev–Trinajstić information content (AvgIpc) is 2.49. The Balaban J connectivity index is 2.43. The van der Waals surface area contributed by atoms with Crippen LogP contribution in [0, 0.1) is 5.92 Å². The SMILES string of the molecule is CCCC(CC)C1(c2ccc(Cl)c(Cl)c2)CCC(=O)CC1. The second-order valence-corrected chi connectivity index (χ2v) is 7.03. The third-order valence-electron chi connectivity index (χ3n) is 5.11. The average molecular weight is 327 g/mol. The number of ketones is 1. The molecule has 0 aliphatic heterocycles. The lowest BCUT2D eigenvalue weighted by Gasteiger charge is -2.44. The lowest BCUT2D eigenvalue weighted by Crippen LogP contribution is -2.39. The van der Waals surface area contributed by atoms with Crippen molar-refractivity contribution < 1.29 is 4.79 Å². The van der Waals surface area contributed by atoms with Crippen LogP contribution in [0.2, 0.25) is 10.0 Å². The third-order valence-corrected chi connectivity index (χ3v) is 5.84. The van der Waals surface area contributed by atoms with Crippen molar-refractivity contribution in [1.29, 1.82) is 0 Å². The molecule has 3 heteroatoms. The Morgan fingerprint density at radius 3 is 2.33 bits per heavy atom. The van der Waals surface area contributed by atoms with Gasteiger partial charge in [0.25, 0.3) is 0 Å². The maximum atomic E-state index is 11.7. The van der Waals surface area contributed by atoms with Crippen molar-refractivity contribution in [2.45, 2.75) is 64.2 Å². The van der Waals surface area contributed by atoms with Gasteiger partial charge in [-0.1, -0.05) is 56.0 Å². The molecule has 1 saturated carbocycles. The Hall–Kier alpha value is -0.530. The van der Waals surface area contributed by atoms with Gasteiger partial charge in [-0.3, -0.25) is 4.79 Å². The predicted molar refractivity (Wildman–Crippen MR) is 90.3 cm³/mol. The molecule has 116 valence electrons.